The summed E-state index contributed by atoms with van der Waals surface area (Å²) in [6, 6.07) is 10.8. The minimum atomic E-state index is -0.337. The van der Waals surface area contributed by atoms with E-state index in [1.165, 1.54) is 5.56 Å². The molecule has 7 heteroatoms. The predicted molar refractivity (Wildman–Crippen MR) is 140 cm³/mol. The molecule has 0 radical (unpaired) electrons. The highest BCUT2D eigenvalue weighted by Gasteiger charge is 2.55. The number of rotatable bonds is 5. The van der Waals surface area contributed by atoms with E-state index in [2.05, 4.69) is 64.6 Å². The number of nitrogens with zero attached hydrogens (tertiary/aromatic N) is 3. The zero-order chi connectivity index (χ0) is 25.2. The first kappa shape index (κ1) is 26.0. The number of piperidine rings is 2. The van der Waals surface area contributed by atoms with Crippen molar-refractivity contribution in [3.63, 3.8) is 0 Å². The van der Waals surface area contributed by atoms with Gasteiger partial charge in [0.2, 0.25) is 5.91 Å². The number of likely N-dealkylation sites (tertiary alicyclic amines) is 2. The molecule has 4 rings (SSSR count). The average molecular weight is 484 g/mol. The Balaban J connectivity index is 1.44. The molecule has 3 amide bonds. The van der Waals surface area contributed by atoms with Crippen LogP contribution in [-0.4, -0.2) is 76.1 Å². The molecule has 7 nitrogen and oxygen atoms in total. The van der Waals surface area contributed by atoms with Crippen LogP contribution in [-0.2, 0) is 11.3 Å². The Morgan fingerprint density at radius 3 is 2.31 bits per heavy atom. The highest BCUT2D eigenvalue weighted by molar-refractivity contribution is 5.86. The van der Waals surface area contributed by atoms with Crippen LogP contribution in [0.25, 0.3) is 0 Å². The summed E-state index contributed by atoms with van der Waals surface area (Å²) in [7, 11) is 0. The first-order valence-electron chi connectivity index (χ1n) is 13.6. The number of hydrogen-bond donors (Lipinski definition) is 2. The summed E-state index contributed by atoms with van der Waals surface area (Å²) in [4.78, 5) is 33.3. The Bertz CT molecular complexity index is 867. The van der Waals surface area contributed by atoms with E-state index in [0.29, 0.717) is 19.0 Å². The number of carbonyl (C=O) groups excluding carboxylic acids is 2. The molecular formula is C28H45N5O2. The Hall–Kier alpha value is -2.12. The summed E-state index contributed by atoms with van der Waals surface area (Å²) in [5, 5.41) is 6.91. The number of carbonyl (C=O) groups is 2. The number of amides is 3. The van der Waals surface area contributed by atoms with Crippen LogP contribution in [0.4, 0.5) is 4.79 Å². The summed E-state index contributed by atoms with van der Waals surface area (Å²) in [5.41, 5.74) is 0.754. The van der Waals surface area contributed by atoms with Crippen molar-refractivity contribution in [3.05, 3.63) is 35.9 Å². The minimum Gasteiger partial charge on any atom is -0.333 e. The van der Waals surface area contributed by atoms with Gasteiger partial charge in [0, 0.05) is 57.1 Å². The lowest BCUT2D eigenvalue weighted by Gasteiger charge is -2.49. The van der Waals surface area contributed by atoms with E-state index in [-0.39, 0.29) is 35.2 Å². The van der Waals surface area contributed by atoms with Crippen molar-refractivity contribution >= 4 is 11.9 Å². The molecule has 1 spiro atoms. The molecule has 2 unspecified atom stereocenters. The van der Waals surface area contributed by atoms with Gasteiger partial charge in [-0.15, -0.1) is 0 Å². The fourth-order valence-electron chi connectivity index (χ4n) is 5.97. The van der Waals surface area contributed by atoms with Gasteiger partial charge in [-0.2, -0.15) is 0 Å². The van der Waals surface area contributed by atoms with Crippen LogP contribution in [0.5, 0.6) is 0 Å². The number of urea groups is 1. The summed E-state index contributed by atoms with van der Waals surface area (Å²) in [5.74, 6) is 0.568. The standard InChI is InChI=1S/C28H45N5O2/c1-6-21(2)24-25(34)33(23-12-16-31(17-13-23)20-22-10-8-7-9-11-22)28(29-24)14-18-32(19-15-28)26(35)30-27(3,4)5/h7-11,21,23-24,29H,6,12-20H2,1-5H3,(H,30,35). The molecule has 0 aromatic heterocycles. The van der Waals surface area contributed by atoms with Crippen molar-refractivity contribution in [2.75, 3.05) is 26.2 Å². The second-order valence-corrected chi connectivity index (χ2v) is 11.9. The molecule has 0 aliphatic carbocycles. The topological polar surface area (TPSA) is 67.9 Å². The van der Waals surface area contributed by atoms with Gasteiger partial charge >= 0.3 is 6.03 Å². The lowest BCUT2D eigenvalue weighted by molar-refractivity contribution is -0.138. The lowest BCUT2D eigenvalue weighted by Crippen LogP contribution is -2.64. The van der Waals surface area contributed by atoms with Crippen LogP contribution in [0.2, 0.25) is 0 Å². The molecule has 3 heterocycles. The van der Waals surface area contributed by atoms with Gasteiger partial charge in [-0.05, 0) is 45.1 Å². The van der Waals surface area contributed by atoms with E-state index in [4.69, 9.17) is 0 Å². The number of nitrogens with one attached hydrogen (secondary N) is 2. The molecule has 1 aromatic carbocycles. The van der Waals surface area contributed by atoms with Gasteiger partial charge in [-0.1, -0.05) is 50.6 Å². The Labute approximate surface area is 211 Å². The maximum atomic E-state index is 13.8. The third kappa shape index (κ3) is 5.83. The van der Waals surface area contributed by atoms with Gasteiger partial charge in [-0.3, -0.25) is 15.0 Å². The van der Waals surface area contributed by atoms with Gasteiger partial charge in [0.05, 0.1) is 11.7 Å². The zero-order valence-corrected chi connectivity index (χ0v) is 22.3. The predicted octanol–water partition coefficient (Wildman–Crippen LogP) is 3.80. The highest BCUT2D eigenvalue weighted by Crippen LogP contribution is 2.38. The van der Waals surface area contributed by atoms with Crippen molar-refractivity contribution in [2.45, 2.75) is 96.6 Å². The van der Waals surface area contributed by atoms with Gasteiger partial charge < -0.3 is 15.1 Å². The Morgan fingerprint density at radius 2 is 1.74 bits per heavy atom. The average Bonchev–Trinajstić information content (AvgIpc) is 3.10. The van der Waals surface area contributed by atoms with Crippen molar-refractivity contribution in [2.24, 2.45) is 5.92 Å². The van der Waals surface area contributed by atoms with Crippen molar-refractivity contribution in [1.29, 1.82) is 0 Å². The van der Waals surface area contributed by atoms with Crippen LogP contribution < -0.4 is 10.6 Å². The Kier molecular flexibility index (Phi) is 7.77. The second-order valence-electron chi connectivity index (χ2n) is 11.9. The normalized spacial score (nSPS) is 24.7. The third-order valence-electron chi connectivity index (χ3n) is 8.13. The van der Waals surface area contributed by atoms with Crippen LogP contribution in [0.3, 0.4) is 0 Å². The zero-order valence-electron chi connectivity index (χ0n) is 22.3. The van der Waals surface area contributed by atoms with E-state index < -0.39 is 0 Å². The molecule has 194 valence electrons. The Morgan fingerprint density at radius 1 is 1.11 bits per heavy atom. The molecule has 3 saturated heterocycles. The van der Waals surface area contributed by atoms with Gasteiger partial charge in [-0.25, -0.2) is 4.79 Å². The molecular weight excluding hydrogens is 438 g/mol. The highest BCUT2D eigenvalue weighted by atomic mass is 16.2. The molecule has 2 atom stereocenters. The molecule has 0 bridgehead atoms. The second kappa shape index (κ2) is 10.5. The number of benzene rings is 1. The van der Waals surface area contributed by atoms with E-state index >= 15 is 0 Å². The number of hydrogen-bond acceptors (Lipinski definition) is 4. The van der Waals surface area contributed by atoms with Crippen molar-refractivity contribution in [3.8, 4) is 0 Å². The van der Waals surface area contributed by atoms with Crippen LogP contribution in [0, 0.1) is 5.92 Å². The van der Waals surface area contributed by atoms with Crippen LogP contribution in [0.15, 0.2) is 30.3 Å². The van der Waals surface area contributed by atoms with E-state index in [1.54, 1.807) is 0 Å². The molecule has 0 saturated carbocycles. The molecule has 3 aliphatic heterocycles. The van der Waals surface area contributed by atoms with E-state index in [9.17, 15) is 9.59 Å². The van der Waals surface area contributed by atoms with Crippen molar-refractivity contribution in [1.82, 2.24) is 25.3 Å². The molecule has 3 fully saturated rings. The van der Waals surface area contributed by atoms with Crippen LogP contribution in [0.1, 0.15) is 72.3 Å². The lowest BCUT2D eigenvalue weighted by atomic mass is 9.92. The quantitative estimate of drug-likeness (QED) is 0.669. The third-order valence-corrected chi connectivity index (χ3v) is 8.13. The maximum Gasteiger partial charge on any atom is 0.317 e. The maximum absolute atomic E-state index is 13.8. The van der Waals surface area contributed by atoms with Gasteiger partial charge in [0.1, 0.15) is 0 Å². The smallest absolute Gasteiger partial charge is 0.317 e. The first-order valence-corrected chi connectivity index (χ1v) is 13.6. The fraction of sp³-hybridized carbons (Fsp3) is 0.714. The fourth-order valence-corrected chi connectivity index (χ4v) is 5.97. The summed E-state index contributed by atoms with van der Waals surface area (Å²) < 4.78 is 0. The molecule has 1 aromatic rings. The van der Waals surface area contributed by atoms with Crippen LogP contribution >= 0.6 is 0 Å². The van der Waals surface area contributed by atoms with E-state index in [0.717, 1.165) is 51.7 Å². The summed E-state index contributed by atoms with van der Waals surface area (Å²) in [6.07, 6.45) is 4.55. The monoisotopic (exact) mass is 483 g/mol. The molecule has 35 heavy (non-hydrogen) atoms. The molecule has 3 aliphatic rings. The van der Waals surface area contributed by atoms with E-state index in [1.807, 2.05) is 25.7 Å². The largest absolute Gasteiger partial charge is 0.333 e. The summed E-state index contributed by atoms with van der Waals surface area (Å²) in [6.45, 7) is 14.7. The van der Waals surface area contributed by atoms with Gasteiger partial charge in [0.15, 0.2) is 0 Å². The van der Waals surface area contributed by atoms with Gasteiger partial charge in [0.25, 0.3) is 0 Å². The molecule has 2 N–H and O–H groups in total. The SMILES string of the molecule is CCC(C)C1NC2(CCN(C(=O)NC(C)(C)C)CC2)N(C2CCN(Cc3ccccc3)CC2)C1=O. The minimum absolute atomic E-state index is 0.00378. The van der Waals surface area contributed by atoms with Crippen molar-refractivity contribution < 1.29 is 9.59 Å². The summed E-state index contributed by atoms with van der Waals surface area (Å²) >= 11 is 0. The first-order chi connectivity index (χ1) is 16.6.